The van der Waals surface area contributed by atoms with Gasteiger partial charge < -0.3 is 9.88 Å². The molecule has 0 bridgehead atoms. The van der Waals surface area contributed by atoms with Crippen molar-refractivity contribution in [3.63, 3.8) is 0 Å². The molecule has 1 N–H and O–H groups in total. The molecule has 0 spiro atoms. The average molecular weight is 274 g/mol. The van der Waals surface area contributed by atoms with Gasteiger partial charge in [-0.1, -0.05) is 0 Å². The third-order valence-corrected chi connectivity index (χ3v) is 3.60. The smallest absolute Gasteiger partial charge is 0.224 e. The summed E-state index contributed by atoms with van der Waals surface area (Å²) in [5, 5.41) is 2.92. The predicted octanol–water partition coefficient (Wildman–Crippen LogP) is 3.63. The lowest BCUT2D eigenvalue weighted by Gasteiger charge is -2.06. The van der Waals surface area contributed by atoms with Crippen LogP contribution in [0.25, 0.3) is 0 Å². The second-order valence-electron chi connectivity index (χ2n) is 4.30. The first kappa shape index (κ1) is 13.7. The van der Waals surface area contributed by atoms with E-state index >= 15 is 0 Å². The molecule has 1 aromatic heterocycles. The lowest BCUT2D eigenvalue weighted by atomic mass is 10.2. The first-order valence-electron chi connectivity index (χ1n) is 6.32. The van der Waals surface area contributed by atoms with Crippen molar-refractivity contribution in [2.75, 3.05) is 11.6 Å². The van der Waals surface area contributed by atoms with E-state index in [0.29, 0.717) is 6.42 Å². The fourth-order valence-electron chi connectivity index (χ4n) is 1.84. The molecule has 2 aromatic rings. The summed E-state index contributed by atoms with van der Waals surface area (Å²) in [7, 11) is 0. The second-order valence-corrected chi connectivity index (χ2v) is 5.18. The number of amides is 1. The molecule has 0 aliphatic carbocycles. The average Bonchev–Trinajstić information content (AvgIpc) is 2.93. The summed E-state index contributed by atoms with van der Waals surface area (Å²) in [5.41, 5.74) is 0.865. The zero-order chi connectivity index (χ0) is 13.5. The zero-order valence-electron chi connectivity index (χ0n) is 11.0. The van der Waals surface area contributed by atoms with Crippen LogP contribution in [0.5, 0.6) is 0 Å². The maximum absolute atomic E-state index is 11.8. The number of nitrogens with zero attached hydrogens (tertiary/aromatic N) is 1. The summed E-state index contributed by atoms with van der Waals surface area (Å²) in [6.45, 7) is 0.881. The van der Waals surface area contributed by atoms with Crippen LogP contribution in [0.4, 0.5) is 5.69 Å². The van der Waals surface area contributed by atoms with Crippen molar-refractivity contribution >= 4 is 23.4 Å². The van der Waals surface area contributed by atoms with Crippen LogP contribution in [0, 0.1) is 0 Å². The van der Waals surface area contributed by atoms with E-state index in [2.05, 4.69) is 9.88 Å². The molecular weight excluding hydrogens is 256 g/mol. The molecule has 4 heteroatoms. The molecule has 1 heterocycles. The Morgan fingerprint density at radius 3 is 2.53 bits per heavy atom. The number of rotatable bonds is 6. The van der Waals surface area contributed by atoms with Gasteiger partial charge in [-0.05, 0) is 49.1 Å². The molecule has 0 atom stereocenters. The number of hydrogen-bond acceptors (Lipinski definition) is 2. The molecular formula is C15H18N2OS. The number of benzene rings is 1. The summed E-state index contributed by atoms with van der Waals surface area (Å²) in [4.78, 5) is 13.0. The molecule has 0 aliphatic rings. The minimum atomic E-state index is 0.0732. The number of thioether (sulfide) groups is 1. The number of hydrogen-bond donors (Lipinski definition) is 1. The maximum Gasteiger partial charge on any atom is 0.224 e. The van der Waals surface area contributed by atoms with E-state index in [9.17, 15) is 4.79 Å². The van der Waals surface area contributed by atoms with Crippen molar-refractivity contribution in [2.45, 2.75) is 24.3 Å². The lowest BCUT2D eigenvalue weighted by molar-refractivity contribution is -0.116. The summed E-state index contributed by atoms with van der Waals surface area (Å²) in [6.07, 6.45) is 7.46. The summed E-state index contributed by atoms with van der Waals surface area (Å²) in [5.74, 6) is 0.0732. The molecule has 0 saturated carbocycles. The van der Waals surface area contributed by atoms with Gasteiger partial charge in [-0.25, -0.2) is 0 Å². The highest BCUT2D eigenvalue weighted by Gasteiger charge is 2.02. The van der Waals surface area contributed by atoms with Crippen molar-refractivity contribution in [1.82, 2.24) is 4.57 Å². The van der Waals surface area contributed by atoms with Crippen molar-refractivity contribution < 1.29 is 4.79 Å². The second kappa shape index (κ2) is 7.04. The minimum Gasteiger partial charge on any atom is -0.354 e. The van der Waals surface area contributed by atoms with Gasteiger partial charge in [0.1, 0.15) is 0 Å². The van der Waals surface area contributed by atoms with Crippen LogP contribution in [0.2, 0.25) is 0 Å². The normalized spacial score (nSPS) is 10.4. The number of anilines is 1. The molecule has 3 nitrogen and oxygen atoms in total. The van der Waals surface area contributed by atoms with Crippen molar-refractivity contribution in [3.8, 4) is 0 Å². The van der Waals surface area contributed by atoms with Gasteiger partial charge in [0, 0.05) is 35.9 Å². The molecule has 0 unspecified atom stereocenters. The number of aromatic nitrogens is 1. The Morgan fingerprint density at radius 1 is 1.21 bits per heavy atom. The number of carbonyl (C=O) groups is 1. The summed E-state index contributed by atoms with van der Waals surface area (Å²) >= 11 is 1.69. The highest BCUT2D eigenvalue weighted by molar-refractivity contribution is 7.98. The number of aryl methyl sites for hydroxylation is 1. The van der Waals surface area contributed by atoms with Crippen molar-refractivity contribution in [3.05, 3.63) is 48.8 Å². The fourth-order valence-corrected chi connectivity index (χ4v) is 2.25. The Morgan fingerprint density at radius 2 is 1.89 bits per heavy atom. The van der Waals surface area contributed by atoms with E-state index in [1.165, 1.54) is 4.90 Å². The van der Waals surface area contributed by atoms with Crippen molar-refractivity contribution in [1.29, 1.82) is 0 Å². The van der Waals surface area contributed by atoms with E-state index in [0.717, 1.165) is 18.7 Å². The molecule has 0 fully saturated rings. The molecule has 0 saturated heterocycles. The van der Waals surface area contributed by atoms with Crippen LogP contribution in [0.15, 0.2) is 53.7 Å². The Hall–Kier alpha value is -1.68. The Kier molecular flexibility index (Phi) is 5.10. The van der Waals surface area contributed by atoms with Crippen LogP contribution < -0.4 is 5.32 Å². The van der Waals surface area contributed by atoms with Crippen LogP contribution in [-0.2, 0) is 11.3 Å². The molecule has 100 valence electrons. The standard InChI is InChI=1S/C15H18N2OS/c1-19-14-8-6-13(7-9-14)16-15(18)5-4-12-17-10-2-3-11-17/h2-3,6-11H,4-5,12H2,1H3,(H,16,18). The number of carbonyl (C=O) groups excluding carboxylic acids is 1. The Balaban J connectivity index is 1.74. The minimum absolute atomic E-state index is 0.0732. The Bertz CT molecular complexity index is 505. The first-order chi connectivity index (χ1) is 9.28. The van der Waals surface area contributed by atoms with E-state index in [-0.39, 0.29) is 5.91 Å². The van der Waals surface area contributed by atoms with Crippen LogP contribution in [0.3, 0.4) is 0 Å². The van der Waals surface area contributed by atoms with Gasteiger partial charge in [0.05, 0.1) is 0 Å². The first-order valence-corrected chi connectivity index (χ1v) is 7.55. The molecule has 0 radical (unpaired) electrons. The van der Waals surface area contributed by atoms with Gasteiger partial charge in [0.25, 0.3) is 0 Å². The van der Waals surface area contributed by atoms with E-state index < -0.39 is 0 Å². The lowest BCUT2D eigenvalue weighted by Crippen LogP contribution is -2.12. The van der Waals surface area contributed by atoms with Gasteiger partial charge in [-0.3, -0.25) is 4.79 Å². The fraction of sp³-hybridized carbons (Fsp3) is 0.267. The monoisotopic (exact) mass is 274 g/mol. The summed E-state index contributed by atoms with van der Waals surface area (Å²) < 4.78 is 2.08. The van der Waals surface area contributed by atoms with Gasteiger partial charge in [0.15, 0.2) is 0 Å². The number of nitrogens with one attached hydrogen (secondary N) is 1. The Labute approximate surface area is 118 Å². The van der Waals surface area contributed by atoms with E-state index in [4.69, 9.17) is 0 Å². The molecule has 19 heavy (non-hydrogen) atoms. The zero-order valence-corrected chi connectivity index (χ0v) is 11.8. The van der Waals surface area contributed by atoms with Crippen LogP contribution in [0.1, 0.15) is 12.8 Å². The highest BCUT2D eigenvalue weighted by Crippen LogP contribution is 2.17. The van der Waals surface area contributed by atoms with Crippen LogP contribution >= 0.6 is 11.8 Å². The van der Waals surface area contributed by atoms with Crippen LogP contribution in [-0.4, -0.2) is 16.7 Å². The highest BCUT2D eigenvalue weighted by atomic mass is 32.2. The van der Waals surface area contributed by atoms with Gasteiger partial charge in [0.2, 0.25) is 5.91 Å². The topological polar surface area (TPSA) is 34.0 Å². The van der Waals surface area contributed by atoms with E-state index in [1.54, 1.807) is 11.8 Å². The van der Waals surface area contributed by atoms with Gasteiger partial charge in [-0.2, -0.15) is 0 Å². The molecule has 0 aliphatic heterocycles. The molecule has 1 aromatic carbocycles. The SMILES string of the molecule is CSc1ccc(NC(=O)CCCn2cccc2)cc1. The molecule has 1 amide bonds. The van der Waals surface area contributed by atoms with E-state index in [1.807, 2.05) is 55.0 Å². The quantitative estimate of drug-likeness (QED) is 0.816. The maximum atomic E-state index is 11.8. The third kappa shape index (κ3) is 4.48. The molecule has 2 rings (SSSR count). The third-order valence-electron chi connectivity index (χ3n) is 2.86. The predicted molar refractivity (Wildman–Crippen MR) is 80.5 cm³/mol. The largest absolute Gasteiger partial charge is 0.354 e. The van der Waals surface area contributed by atoms with Gasteiger partial charge in [-0.15, -0.1) is 11.8 Å². The van der Waals surface area contributed by atoms with Gasteiger partial charge >= 0.3 is 0 Å². The summed E-state index contributed by atoms with van der Waals surface area (Å²) in [6, 6.07) is 11.9. The van der Waals surface area contributed by atoms with Crippen molar-refractivity contribution in [2.24, 2.45) is 0 Å².